The Morgan fingerprint density at radius 3 is 2.55 bits per heavy atom. The number of hydrogen-bond acceptors (Lipinski definition) is 6. The lowest BCUT2D eigenvalue weighted by Crippen LogP contribution is -2.49. The number of amides is 1. The quantitative estimate of drug-likeness (QED) is 0.684. The Morgan fingerprint density at radius 1 is 1.10 bits per heavy atom. The highest BCUT2D eigenvalue weighted by molar-refractivity contribution is 5.78. The number of halogens is 1. The highest BCUT2D eigenvalue weighted by Gasteiger charge is 2.40. The Morgan fingerprint density at radius 2 is 1.83 bits per heavy atom. The molecule has 150 valence electrons. The summed E-state index contributed by atoms with van der Waals surface area (Å²) >= 11 is 0. The topological polar surface area (TPSA) is 90.1 Å². The summed E-state index contributed by atoms with van der Waals surface area (Å²) in [5.41, 5.74) is 0.0895. The van der Waals surface area contributed by atoms with Gasteiger partial charge >= 0.3 is 0 Å². The molecule has 0 atom stereocenters. The Labute approximate surface area is 167 Å². The molecule has 0 saturated heterocycles. The van der Waals surface area contributed by atoms with Crippen LogP contribution in [0.3, 0.4) is 0 Å². The zero-order valence-electron chi connectivity index (χ0n) is 15.8. The maximum atomic E-state index is 13.0. The molecule has 0 spiro atoms. The number of rotatable bonds is 6. The number of ether oxygens (including phenoxy) is 1. The van der Waals surface area contributed by atoms with Gasteiger partial charge in [0.1, 0.15) is 17.1 Å². The first-order chi connectivity index (χ1) is 14.1. The lowest BCUT2D eigenvalue weighted by atomic mass is 9.81. The van der Waals surface area contributed by atoms with Gasteiger partial charge in [0.2, 0.25) is 5.82 Å². The molecule has 0 radical (unpaired) electrons. The minimum absolute atomic E-state index is 0.182. The highest BCUT2D eigenvalue weighted by atomic mass is 19.1. The monoisotopic (exact) mass is 396 g/mol. The van der Waals surface area contributed by atoms with Crippen molar-refractivity contribution >= 4 is 5.91 Å². The van der Waals surface area contributed by atoms with Crippen molar-refractivity contribution in [2.75, 3.05) is 6.61 Å². The fourth-order valence-corrected chi connectivity index (χ4v) is 3.57. The van der Waals surface area contributed by atoms with Crippen LogP contribution in [0.25, 0.3) is 11.4 Å². The summed E-state index contributed by atoms with van der Waals surface area (Å²) in [5, 5.41) is 7.13. The van der Waals surface area contributed by atoms with E-state index in [1.165, 1.54) is 24.3 Å². The van der Waals surface area contributed by atoms with E-state index >= 15 is 0 Å². The minimum atomic E-state index is -0.709. The van der Waals surface area contributed by atoms with Crippen LogP contribution in [0.1, 0.15) is 38.0 Å². The summed E-state index contributed by atoms with van der Waals surface area (Å²) in [5.74, 6) is 0.643. The molecule has 0 aliphatic heterocycles. The van der Waals surface area contributed by atoms with E-state index in [4.69, 9.17) is 9.26 Å². The Kier molecular flexibility index (Phi) is 5.50. The zero-order valence-corrected chi connectivity index (χ0v) is 15.8. The van der Waals surface area contributed by atoms with Crippen LogP contribution in [0, 0.1) is 5.82 Å². The van der Waals surface area contributed by atoms with Crippen molar-refractivity contribution in [1.29, 1.82) is 0 Å². The van der Waals surface area contributed by atoms with Gasteiger partial charge in [-0.05, 0) is 49.2 Å². The molecule has 4 rings (SSSR count). The van der Waals surface area contributed by atoms with Crippen LogP contribution in [0.2, 0.25) is 0 Å². The molecule has 2 heterocycles. The Balaban J connectivity index is 1.49. The predicted molar refractivity (Wildman–Crippen MR) is 102 cm³/mol. The average molecular weight is 396 g/mol. The van der Waals surface area contributed by atoms with Gasteiger partial charge < -0.3 is 14.6 Å². The number of nitrogens with zero attached hydrogens (tertiary/aromatic N) is 3. The third kappa shape index (κ3) is 4.42. The van der Waals surface area contributed by atoms with Gasteiger partial charge in [-0.15, -0.1) is 0 Å². The summed E-state index contributed by atoms with van der Waals surface area (Å²) in [7, 11) is 0. The van der Waals surface area contributed by atoms with Gasteiger partial charge in [0.05, 0.1) is 0 Å². The molecule has 3 aromatic rings. The number of carbonyl (C=O) groups is 1. The smallest absolute Gasteiger partial charge is 0.258 e. The number of carbonyl (C=O) groups excluding carboxylic acids is 1. The molecule has 7 nitrogen and oxygen atoms in total. The van der Waals surface area contributed by atoms with Crippen LogP contribution in [-0.2, 0) is 10.3 Å². The fourth-order valence-electron chi connectivity index (χ4n) is 3.57. The van der Waals surface area contributed by atoms with E-state index in [1.54, 1.807) is 24.5 Å². The fraction of sp³-hybridized carbons (Fsp3) is 0.333. The van der Waals surface area contributed by atoms with Gasteiger partial charge in [0.25, 0.3) is 11.8 Å². The van der Waals surface area contributed by atoms with Gasteiger partial charge in [-0.1, -0.05) is 24.4 Å². The van der Waals surface area contributed by atoms with E-state index in [9.17, 15) is 9.18 Å². The molecule has 0 bridgehead atoms. The summed E-state index contributed by atoms with van der Waals surface area (Å²) in [6.07, 6.45) is 7.75. The summed E-state index contributed by atoms with van der Waals surface area (Å²) in [6, 6.07) is 9.15. The average Bonchev–Trinajstić information content (AvgIpc) is 3.26. The Bertz CT molecular complexity index is 954. The van der Waals surface area contributed by atoms with Crippen molar-refractivity contribution in [2.45, 2.75) is 37.6 Å². The van der Waals surface area contributed by atoms with E-state index in [-0.39, 0.29) is 18.3 Å². The predicted octanol–water partition coefficient (Wildman–Crippen LogP) is 3.63. The molecule has 1 fully saturated rings. The number of hydrogen-bond donors (Lipinski definition) is 1. The van der Waals surface area contributed by atoms with Gasteiger partial charge in [0, 0.05) is 18.0 Å². The van der Waals surface area contributed by atoms with E-state index in [0.717, 1.165) is 24.8 Å². The van der Waals surface area contributed by atoms with Crippen LogP contribution >= 0.6 is 0 Å². The van der Waals surface area contributed by atoms with Crippen molar-refractivity contribution in [1.82, 2.24) is 20.4 Å². The molecule has 1 amide bonds. The molecule has 1 N–H and O–H groups in total. The lowest BCUT2D eigenvalue weighted by molar-refractivity contribution is -0.126. The molecular weight excluding hydrogens is 375 g/mol. The minimum Gasteiger partial charge on any atom is -0.484 e. The molecule has 1 aliphatic rings. The summed E-state index contributed by atoms with van der Waals surface area (Å²) in [6.45, 7) is -0.182. The highest BCUT2D eigenvalue weighted by Crippen LogP contribution is 2.37. The zero-order chi connectivity index (χ0) is 20.1. The first kappa shape index (κ1) is 19.0. The third-order valence-electron chi connectivity index (χ3n) is 5.04. The standard InChI is InChI=1S/C21H21FN4O3/c22-16-4-6-17(7-5-16)28-14-18(27)25-21(10-2-1-3-11-21)20-24-19(26-29-20)15-8-12-23-13-9-15/h4-9,12-13H,1-3,10-11,14H2,(H,25,27). The summed E-state index contributed by atoms with van der Waals surface area (Å²) < 4.78 is 24.0. The van der Waals surface area contributed by atoms with Crippen molar-refractivity contribution in [2.24, 2.45) is 0 Å². The molecule has 1 saturated carbocycles. The lowest BCUT2D eigenvalue weighted by Gasteiger charge is -2.34. The van der Waals surface area contributed by atoms with Gasteiger partial charge in [-0.2, -0.15) is 4.98 Å². The maximum Gasteiger partial charge on any atom is 0.258 e. The number of aromatic nitrogens is 3. The van der Waals surface area contributed by atoms with Gasteiger partial charge in [0.15, 0.2) is 6.61 Å². The first-order valence-corrected chi connectivity index (χ1v) is 9.59. The van der Waals surface area contributed by atoms with Gasteiger partial charge in [-0.25, -0.2) is 4.39 Å². The SMILES string of the molecule is O=C(COc1ccc(F)cc1)NC1(c2nc(-c3ccncc3)no2)CCCCC1. The number of nitrogens with one attached hydrogen (secondary N) is 1. The second kappa shape index (κ2) is 8.38. The van der Waals surface area contributed by atoms with E-state index in [0.29, 0.717) is 30.3 Å². The Hall–Kier alpha value is -3.29. The molecule has 0 unspecified atom stereocenters. The van der Waals surface area contributed by atoms with Crippen LogP contribution < -0.4 is 10.1 Å². The van der Waals surface area contributed by atoms with Crippen molar-refractivity contribution < 1.29 is 18.4 Å². The molecule has 1 aliphatic carbocycles. The normalized spacial score (nSPS) is 15.6. The van der Waals surface area contributed by atoms with Crippen molar-refractivity contribution in [3.8, 4) is 17.1 Å². The van der Waals surface area contributed by atoms with Gasteiger partial charge in [-0.3, -0.25) is 9.78 Å². The molecule has 2 aromatic heterocycles. The molecule has 8 heteroatoms. The van der Waals surface area contributed by atoms with Crippen LogP contribution in [0.5, 0.6) is 5.75 Å². The second-order valence-electron chi connectivity index (χ2n) is 7.09. The molecular formula is C21H21FN4O3. The summed E-state index contributed by atoms with van der Waals surface area (Å²) in [4.78, 5) is 21.1. The maximum absolute atomic E-state index is 13.0. The van der Waals surface area contributed by atoms with Crippen LogP contribution in [0.4, 0.5) is 4.39 Å². The van der Waals surface area contributed by atoms with E-state index < -0.39 is 5.54 Å². The molecule has 1 aromatic carbocycles. The van der Waals surface area contributed by atoms with Crippen LogP contribution in [0.15, 0.2) is 53.3 Å². The molecule has 29 heavy (non-hydrogen) atoms. The largest absolute Gasteiger partial charge is 0.484 e. The second-order valence-corrected chi connectivity index (χ2v) is 7.09. The van der Waals surface area contributed by atoms with E-state index in [2.05, 4.69) is 20.4 Å². The van der Waals surface area contributed by atoms with Crippen molar-refractivity contribution in [3.63, 3.8) is 0 Å². The number of benzene rings is 1. The number of pyridine rings is 1. The van der Waals surface area contributed by atoms with E-state index in [1.807, 2.05) is 0 Å². The van der Waals surface area contributed by atoms with Crippen LogP contribution in [-0.4, -0.2) is 27.6 Å². The van der Waals surface area contributed by atoms with Crippen molar-refractivity contribution in [3.05, 3.63) is 60.5 Å². The third-order valence-corrected chi connectivity index (χ3v) is 5.04. The first-order valence-electron chi connectivity index (χ1n) is 9.59.